The quantitative estimate of drug-likeness (QED) is 0.397. The first-order valence-corrected chi connectivity index (χ1v) is 9.24. The Morgan fingerprint density at radius 3 is 2.65 bits per heavy atom. The van der Waals surface area contributed by atoms with Crippen LogP contribution in [0.5, 0.6) is 0 Å². The summed E-state index contributed by atoms with van der Waals surface area (Å²) < 4.78 is 7.04. The van der Waals surface area contributed by atoms with Crippen molar-refractivity contribution in [3.63, 3.8) is 0 Å². The molecule has 0 aliphatic carbocycles. The Balaban J connectivity index is 1.68. The second kappa shape index (κ2) is 8.05. The van der Waals surface area contributed by atoms with Crippen LogP contribution >= 0.6 is 11.8 Å². The average molecular weight is 370 g/mol. The van der Waals surface area contributed by atoms with Gasteiger partial charge in [-0.3, -0.25) is 4.79 Å². The molecule has 1 heterocycles. The molecule has 0 fully saturated rings. The number of carbonyl (C=O) groups is 2. The molecule has 3 rings (SSSR count). The number of imidazole rings is 1. The van der Waals surface area contributed by atoms with Crippen molar-refractivity contribution >= 4 is 40.4 Å². The van der Waals surface area contributed by atoms with E-state index in [1.165, 1.54) is 11.8 Å². The number of aryl methyl sites for hydroxylation is 1. The van der Waals surface area contributed by atoms with Crippen LogP contribution in [0.2, 0.25) is 0 Å². The van der Waals surface area contributed by atoms with Crippen LogP contribution in [-0.4, -0.2) is 29.2 Å². The Hall–Kier alpha value is -2.80. The number of H-pyrrole nitrogens is 1. The normalized spacial score (nSPS) is 10.7. The number of hydrogen-bond donors (Lipinski definition) is 2. The van der Waals surface area contributed by atoms with E-state index < -0.39 is 5.97 Å². The number of aromatic amines is 1. The molecule has 0 saturated carbocycles. The summed E-state index contributed by atoms with van der Waals surface area (Å²) in [7, 11) is 1.95. The summed E-state index contributed by atoms with van der Waals surface area (Å²) in [6.45, 7) is 2.03. The maximum absolute atomic E-state index is 12.3. The second-order valence-electron chi connectivity index (χ2n) is 5.61. The molecule has 2 N–H and O–H groups in total. The van der Waals surface area contributed by atoms with Crippen molar-refractivity contribution in [3.05, 3.63) is 54.1 Å². The smallest absolute Gasteiger partial charge is 0.340 e. The van der Waals surface area contributed by atoms with Gasteiger partial charge in [0.2, 0.25) is 5.91 Å². The van der Waals surface area contributed by atoms with Crippen LogP contribution in [0, 0.1) is 0 Å². The van der Waals surface area contributed by atoms with Gasteiger partial charge in [-0.15, -0.1) is 0 Å². The van der Waals surface area contributed by atoms with Crippen molar-refractivity contribution in [2.75, 3.05) is 17.7 Å². The topological polar surface area (TPSA) is 75.1 Å². The van der Waals surface area contributed by atoms with Crippen molar-refractivity contribution in [1.29, 1.82) is 0 Å². The fourth-order valence-electron chi connectivity index (χ4n) is 2.61. The van der Waals surface area contributed by atoms with Gasteiger partial charge in [-0.05, 0) is 43.0 Å². The van der Waals surface area contributed by atoms with E-state index >= 15 is 0 Å². The molecular formula is C19H20N3O3S+. The van der Waals surface area contributed by atoms with E-state index in [0.717, 1.165) is 16.2 Å². The molecule has 1 aromatic heterocycles. The summed E-state index contributed by atoms with van der Waals surface area (Å²) in [5, 5.41) is 3.68. The molecule has 0 aliphatic rings. The number of anilines is 1. The molecule has 26 heavy (non-hydrogen) atoms. The Kier molecular flexibility index (Phi) is 5.58. The summed E-state index contributed by atoms with van der Waals surface area (Å²) in [5.74, 6) is -0.416. The minimum atomic E-state index is -0.446. The number of nitrogens with one attached hydrogen (secondary N) is 2. The number of hydrogen-bond acceptors (Lipinski definition) is 4. The van der Waals surface area contributed by atoms with E-state index in [1.807, 2.05) is 35.9 Å². The molecule has 6 nitrogen and oxygen atoms in total. The van der Waals surface area contributed by atoms with Crippen molar-refractivity contribution in [2.45, 2.75) is 12.1 Å². The number of nitrogens with zero attached hydrogens (tertiary/aromatic N) is 1. The molecule has 7 heteroatoms. The maximum atomic E-state index is 12.3. The number of thioether (sulfide) groups is 1. The van der Waals surface area contributed by atoms with Crippen LogP contribution in [-0.2, 0) is 16.6 Å². The third-order valence-corrected chi connectivity index (χ3v) is 4.90. The highest BCUT2D eigenvalue weighted by Crippen LogP contribution is 2.19. The SMILES string of the molecule is CCOC(=O)c1ccccc1NC(=O)CSc1[nH]c2ccccc2[n+]1C. The Morgan fingerprint density at radius 1 is 1.15 bits per heavy atom. The van der Waals surface area contributed by atoms with Crippen LogP contribution in [0.3, 0.4) is 0 Å². The third-order valence-electron chi connectivity index (χ3n) is 3.85. The molecule has 0 atom stereocenters. The number of benzene rings is 2. The summed E-state index contributed by atoms with van der Waals surface area (Å²) in [4.78, 5) is 27.6. The number of rotatable bonds is 6. The van der Waals surface area contributed by atoms with Gasteiger partial charge in [0.05, 0.1) is 30.7 Å². The van der Waals surface area contributed by atoms with E-state index in [4.69, 9.17) is 4.74 Å². The van der Waals surface area contributed by atoms with Crippen LogP contribution in [0.1, 0.15) is 17.3 Å². The molecule has 0 unspecified atom stereocenters. The Bertz CT molecular complexity index is 952. The highest BCUT2D eigenvalue weighted by molar-refractivity contribution is 7.99. The zero-order chi connectivity index (χ0) is 18.5. The van der Waals surface area contributed by atoms with Crippen LogP contribution in [0.25, 0.3) is 11.0 Å². The highest BCUT2D eigenvalue weighted by Gasteiger charge is 2.18. The third kappa shape index (κ3) is 3.88. The number of ether oxygens (including phenoxy) is 1. The zero-order valence-corrected chi connectivity index (χ0v) is 15.4. The standard InChI is InChI=1S/C19H19N3O3S/c1-3-25-18(24)13-8-4-5-9-14(13)20-17(23)12-26-19-21-15-10-6-7-11-16(15)22(19)2/h4-11H,3,12H2,1-2H3,(H,20,23,24)/p+1. The molecule has 0 radical (unpaired) electrons. The van der Waals surface area contributed by atoms with Crippen molar-refractivity contribution in [1.82, 2.24) is 4.98 Å². The average Bonchev–Trinajstić information content (AvgIpc) is 2.97. The molecule has 2 aromatic carbocycles. The van der Waals surface area contributed by atoms with E-state index in [0.29, 0.717) is 11.3 Å². The lowest BCUT2D eigenvalue weighted by atomic mass is 10.2. The zero-order valence-electron chi connectivity index (χ0n) is 14.6. The van der Waals surface area contributed by atoms with Crippen LogP contribution in [0.15, 0.2) is 53.7 Å². The van der Waals surface area contributed by atoms with Crippen molar-refractivity contribution < 1.29 is 18.9 Å². The monoisotopic (exact) mass is 370 g/mol. The van der Waals surface area contributed by atoms with Gasteiger partial charge >= 0.3 is 11.1 Å². The van der Waals surface area contributed by atoms with Gasteiger partial charge in [0.1, 0.15) is 0 Å². The van der Waals surface area contributed by atoms with Gasteiger partial charge in [-0.25, -0.2) is 14.3 Å². The molecule has 0 spiro atoms. The first-order chi connectivity index (χ1) is 12.6. The minimum Gasteiger partial charge on any atom is -0.462 e. The first kappa shape index (κ1) is 18.0. The molecule has 3 aromatic rings. The fourth-order valence-corrected chi connectivity index (χ4v) is 3.43. The highest BCUT2D eigenvalue weighted by atomic mass is 32.2. The van der Waals surface area contributed by atoms with Crippen molar-refractivity contribution in [2.24, 2.45) is 7.05 Å². The number of fused-ring (bicyclic) bond motifs is 1. The lowest BCUT2D eigenvalue weighted by Gasteiger charge is -2.09. The van der Waals surface area contributed by atoms with E-state index in [1.54, 1.807) is 31.2 Å². The van der Waals surface area contributed by atoms with Gasteiger partial charge in [0.25, 0.3) is 0 Å². The van der Waals surface area contributed by atoms with E-state index in [2.05, 4.69) is 10.3 Å². The van der Waals surface area contributed by atoms with Gasteiger partial charge in [0, 0.05) is 0 Å². The number of esters is 1. The lowest BCUT2D eigenvalue weighted by Crippen LogP contribution is -2.29. The number of carbonyl (C=O) groups excluding carboxylic acids is 2. The summed E-state index contributed by atoms with van der Waals surface area (Å²) in [5.41, 5.74) is 2.90. The molecule has 0 bridgehead atoms. The van der Waals surface area contributed by atoms with Gasteiger partial charge in [-0.1, -0.05) is 24.3 Å². The van der Waals surface area contributed by atoms with Crippen LogP contribution in [0.4, 0.5) is 5.69 Å². The van der Waals surface area contributed by atoms with E-state index in [9.17, 15) is 9.59 Å². The van der Waals surface area contributed by atoms with Gasteiger partial charge in [-0.2, -0.15) is 0 Å². The number of aromatic nitrogens is 2. The van der Waals surface area contributed by atoms with Gasteiger partial charge in [0.15, 0.2) is 11.0 Å². The predicted molar refractivity (Wildman–Crippen MR) is 101 cm³/mol. The predicted octanol–water partition coefficient (Wildman–Crippen LogP) is 2.90. The summed E-state index contributed by atoms with van der Waals surface area (Å²) >= 11 is 1.40. The summed E-state index contributed by atoms with van der Waals surface area (Å²) in [6.07, 6.45) is 0. The maximum Gasteiger partial charge on any atom is 0.340 e. The Labute approximate surface area is 155 Å². The molecule has 1 amide bonds. The number of amides is 1. The number of para-hydroxylation sites is 3. The lowest BCUT2D eigenvalue weighted by molar-refractivity contribution is -0.683. The Morgan fingerprint density at radius 2 is 1.88 bits per heavy atom. The van der Waals surface area contributed by atoms with Gasteiger partial charge < -0.3 is 10.1 Å². The molecule has 0 saturated heterocycles. The fraction of sp³-hybridized carbons (Fsp3) is 0.211. The van der Waals surface area contributed by atoms with Crippen LogP contribution < -0.4 is 9.88 Å². The second-order valence-corrected chi connectivity index (χ2v) is 6.57. The molecule has 134 valence electrons. The van der Waals surface area contributed by atoms with Crippen molar-refractivity contribution in [3.8, 4) is 0 Å². The largest absolute Gasteiger partial charge is 0.462 e. The molecular weight excluding hydrogens is 350 g/mol. The molecule has 0 aliphatic heterocycles. The minimum absolute atomic E-state index is 0.189. The summed E-state index contributed by atoms with van der Waals surface area (Å²) in [6, 6.07) is 14.8. The first-order valence-electron chi connectivity index (χ1n) is 8.25. The van der Waals surface area contributed by atoms with E-state index in [-0.39, 0.29) is 18.3 Å².